The molecule has 0 radical (unpaired) electrons. The van der Waals surface area contributed by atoms with E-state index >= 15 is 0 Å². The average molecular weight is 399 g/mol. The molecule has 124 valence electrons. The third-order valence-electron chi connectivity index (χ3n) is 4.70. The van der Waals surface area contributed by atoms with Crippen LogP contribution in [-0.4, -0.2) is 9.55 Å². The van der Waals surface area contributed by atoms with E-state index in [9.17, 15) is 0 Å². The number of nitrogens with zero attached hydrogens (tertiary/aromatic N) is 2. The predicted molar refractivity (Wildman–Crippen MR) is 112 cm³/mol. The van der Waals surface area contributed by atoms with Gasteiger partial charge in [0.25, 0.3) is 0 Å². The zero-order valence-electron chi connectivity index (χ0n) is 13.9. The Balaban J connectivity index is 1.82. The van der Waals surface area contributed by atoms with Gasteiger partial charge in [-0.15, -0.1) is 0 Å². The standard InChI is InChI=1S/C23H15BrN2/c24-18-11-12-22-21(15-18)20-10-5-13-25-23(20)26(22)19-9-4-8-17(14-19)16-6-2-1-3-7-16/h1-15H. The molecular formula is C23H15BrN2. The summed E-state index contributed by atoms with van der Waals surface area (Å²) in [6.45, 7) is 0. The van der Waals surface area contributed by atoms with Crippen molar-refractivity contribution in [2.45, 2.75) is 0 Å². The summed E-state index contributed by atoms with van der Waals surface area (Å²) in [6, 6.07) is 29.6. The topological polar surface area (TPSA) is 17.8 Å². The molecule has 0 saturated carbocycles. The lowest BCUT2D eigenvalue weighted by atomic mass is 10.1. The van der Waals surface area contributed by atoms with Crippen LogP contribution in [0.5, 0.6) is 0 Å². The molecule has 0 aliphatic heterocycles. The fourth-order valence-electron chi connectivity index (χ4n) is 3.53. The normalized spacial score (nSPS) is 11.3. The molecule has 0 bridgehead atoms. The Morgan fingerprint density at radius 3 is 2.42 bits per heavy atom. The maximum absolute atomic E-state index is 4.67. The van der Waals surface area contributed by atoms with E-state index in [1.807, 2.05) is 18.3 Å². The van der Waals surface area contributed by atoms with E-state index in [4.69, 9.17) is 0 Å². The number of fused-ring (bicyclic) bond motifs is 3. The Bertz CT molecular complexity index is 1240. The fraction of sp³-hybridized carbons (Fsp3) is 0. The van der Waals surface area contributed by atoms with Crippen LogP contribution in [0, 0.1) is 0 Å². The van der Waals surface area contributed by atoms with Crippen LogP contribution in [0.3, 0.4) is 0 Å². The van der Waals surface area contributed by atoms with Gasteiger partial charge in [-0.25, -0.2) is 4.98 Å². The molecule has 5 aromatic rings. The van der Waals surface area contributed by atoms with Gasteiger partial charge >= 0.3 is 0 Å². The summed E-state index contributed by atoms with van der Waals surface area (Å²) < 4.78 is 3.31. The number of pyridine rings is 1. The predicted octanol–water partition coefficient (Wildman–Crippen LogP) is 6.61. The minimum Gasteiger partial charge on any atom is -0.294 e. The summed E-state index contributed by atoms with van der Waals surface area (Å²) >= 11 is 3.60. The zero-order chi connectivity index (χ0) is 17.5. The summed E-state index contributed by atoms with van der Waals surface area (Å²) in [5.74, 6) is 0. The second-order valence-corrected chi connectivity index (χ2v) is 7.20. The highest BCUT2D eigenvalue weighted by atomic mass is 79.9. The summed E-state index contributed by atoms with van der Waals surface area (Å²) in [6.07, 6.45) is 1.85. The van der Waals surface area contributed by atoms with Crippen LogP contribution < -0.4 is 0 Å². The van der Waals surface area contributed by atoms with E-state index in [1.54, 1.807) is 0 Å². The number of rotatable bonds is 2. The zero-order valence-corrected chi connectivity index (χ0v) is 15.5. The van der Waals surface area contributed by atoms with Crippen LogP contribution in [0.25, 0.3) is 38.8 Å². The molecule has 0 aliphatic rings. The highest BCUT2D eigenvalue weighted by molar-refractivity contribution is 9.10. The molecule has 2 nitrogen and oxygen atoms in total. The number of hydrogen-bond donors (Lipinski definition) is 0. The molecule has 0 N–H and O–H groups in total. The minimum atomic E-state index is 0.978. The fourth-order valence-corrected chi connectivity index (χ4v) is 3.90. The van der Waals surface area contributed by atoms with Gasteiger partial charge in [-0.2, -0.15) is 0 Å². The van der Waals surface area contributed by atoms with Gasteiger partial charge in [0.1, 0.15) is 5.65 Å². The van der Waals surface area contributed by atoms with E-state index in [2.05, 4.69) is 98.3 Å². The number of halogens is 1. The summed E-state index contributed by atoms with van der Waals surface area (Å²) in [5.41, 5.74) is 5.67. The molecule has 0 amide bonds. The van der Waals surface area contributed by atoms with Crippen LogP contribution in [0.2, 0.25) is 0 Å². The van der Waals surface area contributed by atoms with Gasteiger partial charge in [0, 0.05) is 27.1 Å². The first-order valence-electron chi connectivity index (χ1n) is 8.52. The molecule has 0 aliphatic carbocycles. The minimum absolute atomic E-state index is 0.978. The van der Waals surface area contributed by atoms with Crippen LogP contribution in [0.1, 0.15) is 0 Å². The number of hydrogen-bond acceptors (Lipinski definition) is 1. The highest BCUT2D eigenvalue weighted by Crippen LogP contribution is 2.33. The van der Waals surface area contributed by atoms with E-state index < -0.39 is 0 Å². The van der Waals surface area contributed by atoms with E-state index in [1.165, 1.54) is 16.5 Å². The maximum Gasteiger partial charge on any atom is 0.145 e. The van der Waals surface area contributed by atoms with Gasteiger partial charge in [0.2, 0.25) is 0 Å². The van der Waals surface area contributed by atoms with Gasteiger partial charge in [0.15, 0.2) is 0 Å². The quantitative estimate of drug-likeness (QED) is 0.327. The van der Waals surface area contributed by atoms with Crippen molar-refractivity contribution in [3.63, 3.8) is 0 Å². The molecule has 0 saturated heterocycles. The molecule has 0 spiro atoms. The Kier molecular flexibility index (Phi) is 3.61. The van der Waals surface area contributed by atoms with Gasteiger partial charge in [-0.1, -0.05) is 58.4 Å². The molecular weight excluding hydrogens is 384 g/mol. The second-order valence-electron chi connectivity index (χ2n) is 6.29. The molecule has 3 heteroatoms. The maximum atomic E-state index is 4.67. The summed E-state index contributed by atoms with van der Waals surface area (Å²) in [7, 11) is 0. The molecule has 0 atom stereocenters. The summed E-state index contributed by atoms with van der Waals surface area (Å²) in [5, 5.41) is 2.36. The van der Waals surface area contributed by atoms with Gasteiger partial charge in [0.05, 0.1) is 5.52 Å². The van der Waals surface area contributed by atoms with Crippen molar-refractivity contribution < 1.29 is 0 Å². The Morgan fingerprint density at radius 2 is 1.54 bits per heavy atom. The lowest BCUT2D eigenvalue weighted by Crippen LogP contribution is -1.95. The summed E-state index contributed by atoms with van der Waals surface area (Å²) in [4.78, 5) is 4.67. The lowest BCUT2D eigenvalue weighted by Gasteiger charge is -2.09. The Labute approximate surface area is 159 Å². The largest absolute Gasteiger partial charge is 0.294 e. The van der Waals surface area contributed by atoms with Crippen LogP contribution in [-0.2, 0) is 0 Å². The van der Waals surface area contributed by atoms with E-state index in [-0.39, 0.29) is 0 Å². The first-order chi connectivity index (χ1) is 12.8. The van der Waals surface area contributed by atoms with Crippen molar-refractivity contribution in [1.29, 1.82) is 0 Å². The Morgan fingerprint density at radius 1 is 0.692 bits per heavy atom. The van der Waals surface area contributed by atoms with E-state index in [0.717, 1.165) is 26.7 Å². The third kappa shape index (κ3) is 2.44. The van der Waals surface area contributed by atoms with E-state index in [0.29, 0.717) is 0 Å². The van der Waals surface area contributed by atoms with Gasteiger partial charge < -0.3 is 0 Å². The molecule has 5 rings (SSSR count). The average Bonchev–Trinajstić information content (AvgIpc) is 3.02. The SMILES string of the molecule is Brc1ccc2c(c1)c1cccnc1n2-c1cccc(-c2ccccc2)c1. The van der Waals surface area contributed by atoms with Crippen LogP contribution in [0.4, 0.5) is 0 Å². The Hall–Kier alpha value is -2.91. The molecule has 0 fully saturated rings. The number of benzene rings is 3. The van der Waals surface area contributed by atoms with Crippen molar-refractivity contribution >= 4 is 37.9 Å². The van der Waals surface area contributed by atoms with Gasteiger partial charge in [-0.05, 0) is 53.6 Å². The number of aromatic nitrogens is 2. The van der Waals surface area contributed by atoms with Crippen molar-refractivity contribution in [2.75, 3.05) is 0 Å². The van der Waals surface area contributed by atoms with Crippen LogP contribution in [0.15, 0.2) is 95.6 Å². The first kappa shape index (κ1) is 15.4. The molecule has 26 heavy (non-hydrogen) atoms. The van der Waals surface area contributed by atoms with Crippen LogP contribution >= 0.6 is 15.9 Å². The van der Waals surface area contributed by atoms with Crippen molar-refractivity contribution in [1.82, 2.24) is 9.55 Å². The lowest BCUT2D eigenvalue weighted by molar-refractivity contribution is 1.14. The van der Waals surface area contributed by atoms with Crippen molar-refractivity contribution in [2.24, 2.45) is 0 Å². The highest BCUT2D eigenvalue weighted by Gasteiger charge is 2.13. The molecule has 2 aromatic heterocycles. The van der Waals surface area contributed by atoms with Crippen molar-refractivity contribution in [3.8, 4) is 16.8 Å². The molecule has 2 heterocycles. The third-order valence-corrected chi connectivity index (χ3v) is 5.19. The monoisotopic (exact) mass is 398 g/mol. The second kappa shape index (κ2) is 6.11. The smallest absolute Gasteiger partial charge is 0.145 e. The molecule has 0 unspecified atom stereocenters. The van der Waals surface area contributed by atoms with Gasteiger partial charge in [-0.3, -0.25) is 4.57 Å². The first-order valence-corrected chi connectivity index (χ1v) is 9.31. The molecule has 3 aromatic carbocycles. The van der Waals surface area contributed by atoms with Crippen molar-refractivity contribution in [3.05, 3.63) is 95.6 Å².